The monoisotopic (exact) mass is 521 g/mol. The van der Waals surface area contributed by atoms with Gasteiger partial charge in [-0.1, -0.05) is 24.3 Å². The van der Waals surface area contributed by atoms with Crippen molar-refractivity contribution in [1.82, 2.24) is 8.87 Å². The zero-order chi connectivity index (χ0) is 24.3. The summed E-state index contributed by atoms with van der Waals surface area (Å²) in [5.74, 6) is -0.0709. The van der Waals surface area contributed by atoms with E-state index in [1.165, 1.54) is 33.3 Å². The van der Waals surface area contributed by atoms with Crippen molar-refractivity contribution in [3.8, 4) is 0 Å². The predicted octanol–water partition coefficient (Wildman–Crippen LogP) is 4.30. The van der Waals surface area contributed by atoms with Crippen molar-refractivity contribution < 1.29 is 17.6 Å². The Morgan fingerprint density at radius 3 is 2.53 bits per heavy atom. The highest BCUT2D eigenvalue weighted by Crippen LogP contribution is 2.25. The second kappa shape index (κ2) is 10.7. The largest absolute Gasteiger partial charge is 0.316 e. The number of rotatable bonds is 7. The van der Waals surface area contributed by atoms with Gasteiger partial charge < -0.3 is 4.57 Å². The van der Waals surface area contributed by atoms with Crippen molar-refractivity contribution in [2.75, 3.05) is 25.1 Å². The van der Waals surface area contributed by atoms with Crippen LogP contribution < -0.4 is 4.80 Å². The van der Waals surface area contributed by atoms with Crippen LogP contribution in [0.5, 0.6) is 0 Å². The van der Waals surface area contributed by atoms with Crippen molar-refractivity contribution in [3.63, 3.8) is 0 Å². The Bertz CT molecular complexity index is 1340. The van der Waals surface area contributed by atoms with Crippen molar-refractivity contribution >= 4 is 49.2 Å². The van der Waals surface area contributed by atoms with E-state index in [4.69, 9.17) is 0 Å². The minimum Gasteiger partial charge on any atom is -0.316 e. The smallest absolute Gasteiger partial charge is 0.251 e. The van der Waals surface area contributed by atoms with Crippen LogP contribution in [0.4, 0.5) is 4.39 Å². The van der Waals surface area contributed by atoms with Crippen LogP contribution in [0.2, 0.25) is 0 Å². The van der Waals surface area contributed by atoms with Gasteiger partial charge in [0.2, 0.25) is 10.0 Å². The van der Waals surface area contributed by atoms with E-state index in [0.717, 1.165) is 41.1 Å². The number of thioether (sulfide) groups is 1. The van der Waals surface area contributed by atoms with E-state index < -0.39 is 15.8 Å². The van der Waals surface area contributed by atoms with Crippen LogP contribution >= 0.6 is 23.1 Å². The summed E-state index contributed by atoms with van der Waals surface area (Å²) in [6.45, 7) is 3.37. The van der Waals surface area contributed by atoms with Crippen molar-refractivity contribution in [3.05, 3.63) is 58.6 Å². The summed E-state index contributed by atoms with van der Waals surface area (Å²) in [5, 5.41) is 0. The number of benzene rings is 2. The molecule has 34 heavy (non-hydrogen) atoms. The topological polar surface area (TPSA) is 71.7 Å². The Kier molecular flexibility index (Phi) is 7.91. The highest BCUT2D eigenvalue weighted by molar-refractivity contribution is 7.98. The summed E-state index contributed by atoms with van der Waals surface area (Å²) in [6, 6.07) is 11.2. The van der Waals surface area contributed by atoms with Gasteiger partial charge in [-0.15, -0.1) is 0 Å². The number of halogens is 1. The van der Waals surface area contributed by atoms with Crippen molar-refractivity contribution in [2.24, 2.45) is 10.9 Å². The van der Waals surface area contributed by atoms with E-state index in [0.29, 0.717) is 17.6 Å². The maximum atomic E-state index is 13.2. The molecular weight excluding hydrogens is 493 g/mol. The molecule has 2 heterocycles. The number of hydrogen-bond donors (Lipinski definition) is 0. The summed E-state index contributed by atoms with van der Waals surface area (Å²) in [7, 11) is -3.71. The van der Waals surface area contributed by atoms with Crippen molar-refractivity contribution in [2.45, 2.75) is 37.6 Å². The van der Waals surface area contributed by atoms with Gasteiger partial charge in [0.15, 0.2) is 4.80 Å². The Balaban J connectivity index is 1.53. The maximum Gasteiger partial charge on any atom is 0.251 e. The molecule has 182 valence electrons. The highest BCUT2D eigenvalue weighted by Gasteiger charge is 2.32. The van der Waals surface area contributed by atoms with Gasteiger partial charge in [0, 0.05) is 31.3 Å². The molecule has 1 saturated heterocycles. The van der Waals surface area contributed by atoms with Crippen LogP contribution in [0.25, 0.3) is 10.2 Å². The number of sulfonamides is 1. The van der Waals surface area contributed by atoms with E-state index in [1.807, 2.05) is 0 Å². The van der Waals surface area contributed by atoms with Crippen molar-refractivity contribution in [1.29, 1.82) is 0 Å². The number of hydrogen-bond acceptors (Lipinski definition) is 5. The molecule has 0 N–H and O–H groups in total. The average molecular weight is 522 g/mol. The third kappa shape index (κ3) is 5.30. The van der Waals surface area contributed by atoms with Crippen LogP contribution in [-0.4, -0.2) is 48.3 Å². The van der Waals surface area contributed by atoms with Crippen LogP contribution in [0, 0.1) is 11.7 Å². The molecule has 3 aromatic rings. The van der Waals surface area contributed by atoms with Gasteiger partial charge in [0.1, 0.15) is 5.82 Å². The average Bonchev–Trinajstić information content (AvgIpc) is 3.18. The molecule has 10 heteroatoms. The van der Waals surface area contributed by atoms with E-state index in [-0.39, 0.29) is 29.8 Å². The molecule has 0 spiro atoms. The fourth-order valence-corrected chi connectivity index (χ4v) is 7.07. The van der Waals surface area contributed by atoms with Crippen LogP contribution in [0.3, 0.4) is 0 Å². The van der Waals surface area contributed by atoms with E-state index in [2.05, 4.69) is 40.9 Å². The third-order valence-corrected chi connectivity index (χ3v) is 9.68. The molecular formula is C24H28FN3O3S3. The summed E-state index contributed by atoms with van der Waals surface area (Å²) in [5.41, 5.74) is 2.33. The Hall–Kier alpha value is -2.01. The van der Waals surface area contributed by atoms with Gasteiger partial charge in [0.05, 0.1) is 15.1 Å². The molecule has 1 aliphatic rings. The maximum absolute atomic E-state index is 13.2. The van der Waals surface area contributed by atoms with Gasteiger partial charge in [0.25, 0.3) is 5.91 Å². The number of carbonyl (C=O) groups excluding carboxylic acids is 1. The molecule has 0 bridgehead atoms. The lowest BCUT2D eigenvalue weighted by atomic mass is 9.98. The Morgan fingerprint density at radius 1 is 1.18 bits per heavy atom. The zero-order valence-corrected chi connectivity index (χ0v) is 21.7. The molecule has 0 radical (unpaired) electrons. The van der Waals surface area contributed by atoms with E-state index in [1.54, 1.807) is 11.8 Å². The standard InChI is InChI=1S/C24H28FN3O3S3/c1-3-17-4-9-21-22(16-17)33-24(28(21)14-15-32-2)26-23(29)18-10-12-27(13-11-18)34(30,31)20-7-5-19(25)6-8-20/h4-9,16,18H,3,10-15H2,1-2H3. The van der Waals surface area contributed by atoms with E-state index >= 15 is 0 Å². The molecule has 1 amide bonds. The number of nitrogens with zero attached hydrogens (tertiary/aromatic N) is 3. The normalized spacial score (nSPS) is 16.4. The quantitative estimate of drug-likeness (QED) is 0.465. The number of carbonyl (C=O) groups is 1. The Labute approximate surface area is 207 Å². The van der Waals surface area contributed by atoms with Gasteiger partial charge in [-0.05, 0) is 67.5 Å². The van der Waals surface area contributed by atoms with Gasteiger partial charge in [-0.25, -0.2) is 12.8 Å². The van der Waals surface area contributed by atoms with E-state index in [9.17, 15) is 17.6 Å². The minimum absolute atomic E-state index is 0.0647. The van der Waals surface area contributed by atoms with Crippen LogP contribution in [0.15, 0.2) is 52.4 Å². The molecule has 1 aliphatic heterocycles. The molecule has 6 nitrogen and oxygen atoms in total. The third-order valence-electron chi connectivity index (χ3n) is 6.13. The van der Waals surface area contributed by atoms with Gasteiger partial charge >= 0.3 is 0 Å². The first-order chi connectivity index (χ1) is 16.3. The molecule has 1 aromatic heterocycles. The number of aromatic nitrogens is 1. The molecule has 4 rings (SSSR count). The minimum atomic E-state index is -3.71. The molecule has 0 aliphatic carbocycles. The fraction of sp³-hybridized carbons (Fsp3) is 0.417. The molecule has 2 aromatic carbocycles. The predicted molar refractivity (Wildman–Crippen MR) is 136 cm³/mol. The second-order valence-electron chi connectivity index (χ2n) is 8.27. The molecule has 0 unspecified atom stereocenters. The summed E-state index contributed by atoms with van der Waals surface area (Å²) in [6.07, 6.45) is 3.83. The lowest BCUT2D eigenvalue weighted by Gasteiger charge is -2.29. The second-order valence-corrected chi connectivity index (χ2v) is 12.2. The first kappa shape index (κ1) is 25.1. The zero-order valence-electron chi connectivity index (χ0n) is 19.2. The summed E-state index contributed by atoms with van der Waals surface area (Å²) >= 11 is 3.28. The lowest BCUT2D eigenvalue weighted by molar-refractivity contribution is -0.122. The number of fused-ring (bicyclic) bond motifs is 1. The number of piperidine rings is 1. The lowest BCUT2D eigenvalue weighted by Crippen LogP contribution is -2.40. The highest BCUT2D eigenvalue weighted by atomic mass is 32.2. The number of amides is 1. The first-order valence-corrected chi connectivity index (χ1v) is 14.9. The first-order valence-electron chi connectivity index (χ1n) is 11.3. The SMILES string of the molecule is CCc1ccc2c(c1)sc(=NC(=O)C1CCN(S(=O)(=O)c3ccc(F)cc3)CC1)n2CCSC. The van der Waals surface area contributed by atoms with Crippen LogP contribution in [0.1, 0.15) is 25.3 Å². The number of thiazole rings is 1. The Morgan fingerprint density at radius 2 is 1.88 bits per heavy atom. The van der Waals surface area contributed by atoms with Gasteiger partial charge in [-0.2, -0.15) is 21.1 Å². The molecule has 0 atom stereocenters. The summed E-state index contributed by atoms with van der Waals surface area (Å²) < 4.78 is 43.5. The van der Waals surface area contributed by atoms with Gasteiger partial charge in [-0.3, -0.25) is 4.79 Å². The molecule has 1 fully saturated rings. The fourth-order valence-electron chi connectivity index (χ4n) is 4.11. The number of aryl methyl sites for hydroxylation is 2. The van der Waals surface area contributed by atoms with Crippen LogP contribution in [-0.2, 0) is 27.8 Å². The summed E-state index contributed by atoms with van der Waals surface area (Å²) in [4.78, 5) is 18.3. The molecule has 0 saturated carbocycles.